The highest BCUT2D eigenvalue weighted by atomic mass is 19.1. The number of rotatable bonds is 6. The second-order valence-corrected chi connectivity index (χ2v) is 5.55. The second kappa shape index (κ2) is 8.52. The van der Waals surface area contributed by atoms with Crippen molar-refractivity contribution in [3.8, 4) is 11.3 Å². The maximum Gasteiger partial charge on any atom is 0.259 e. The standard InChI is InChI=1S/C19H16FN5O2/c20-16-8-6-14(7-9-16)19(27)21-12-17(26)24-22-10-15-11-23-25-18(15)13-4-2-1-3-5-13/h1-11H,12H2,(H,21,27)(H,23,25)(H,24,26)/b22-10+. The summed E-state index contributed by atoms with van der Waals surface area (Å²) in [4.78, 5) is 23.7. The SMILES string of the molecule is O=C(CNC(=O)c1ccc(F)cc1)N/N=C/c1cn[nH]c1-c1ccccc1. The molecule has 3 rings (SSSR count). The first-order valence-electron chi connectivity index (χ1n) is 8.08. The summed E-state index contributed by atoms with van der Waals surface area (Å²) in [6.07, 6.45) is 3.06. The van der Waals surface area contributed by atoms with E-state index in [1.54, 1.807) is 6.20 Å². The Kier molecular flexibility index (Phi) is 5.68. The van der Waals surface area contributed by atoms with Gasteiger partial charge in [-0.2, -0.15) is 10.2 Å². The zero-order valence-electron chi connectivity index (χ0n) is 14.1. The summed E-state index contributed by atoms with van der Waals surface area (Å²) in [6, 6.07) is 14.6. The summed E-state index contributed by atoms with van der Waals surface area (Å²) in [5.74, 6) is -1.41. The number of carbonyl (C=O) groups is 2. The molecule has 2 aromatic carbocycles. The van der Waals surface area contributed by atoms with E-state index in [1.165, 1.54) is 30.5 Å². The third kappa shape index (κ3) is 4.85. The molecule has 8 heteroatoms. The van der Waals surface area contributed by atoms with E-state index < -0.39 is 17.6 Å². The lowest BCUT2D eigenvalue weighted by molar-refractivity contribution is -0.120. The topological polar surface area (TPSA) is 99.2 Å². The molecule has 2 amide bonds. The van der Waals surface area contributed by atoms with Crippen molar-refractivity contribution in [3.05, 3.63) is 77.7 Å². The molecule has 27 heavy (non-hydrogen) atoms. The Morgan fingerprint density at radius 2 is 1.85 bits per heavy atom. The molecule has 136 valence electrons. The first-order valence-corrected chi connectivity index (χ1v) is 8.08. The summed E-state index contributed by atoms with van der Waals surface area (Å²) in [6.45, 7) is -0.259. The smallest absolute Gasteiger partial charge is 0.259 e. The molecule has 1 aromatic heterocycles. The maximum absolute atomic E-state index is 12.8. The van der Waals surface area contributed by atoms with Crippen LogP contribution in [0.1, 0.15) is 15.9 Å². The van der Waals surface area contributed by atoms with Gasteiger partial charge in [0.1, 0.15) is 5.82 Å². The number of carbonyl (C=O) groups excluding carboxylic acids is 2. The van der Waals surface area contributed by atoms with Gasteiger partial charge in [0.2, 0.25) is 0 Å². The highest BCUT2D eigenvalue weighted by molar-refractivity contribution is 5.96. The van der Waals surface area contributed by atoms with Crippen molar-refractivity contribution in [2.75, 3.05) is 6.54 Å². The average molecular weight is 365 g/mol. The van der Waals surface area contributed by atoms with E-state index in [4.69, 9.17) is 0 Å². The highest BCUT2D eigenvalue weighted by Gasteiger charge is 2.08. The number of nitrogens with zero attached hydrogens (tertiary/aromatic N) is 2. The molecule has 0 aliphatic heterocycles. The average Bonchev–Trinajstić information content (AvgIpc) is 3.16. The molecule has 3 aromatic rings. The molecule has 0 saturated carbocycles. The number of hydrogen-bond donors (Lipinski definition) is 3. The van der Waals surface area contributed by atoms with Crippen LogP contribution in [0.15, 0.2) is 65.9 Å². The Bertz CT molecular complexity index is 952. The molecule has 3 N–H and O–H groups in total. The van der Waals surface area contributed by atoms with Crippen LogP contribution in [0.4, 0.5) is 4.39 Å². The molecular weight excluding hydrogens is 349 g/mol. The van der Waals surface area contributed by atoms with Gasteiger partial charge in [0.05, 0.1) is 24.7 Å². The van der Waals surface area contributed by atoms with Crippen molar-refractivity contribution >= 4 is 18.0 Å². The Morgan fingerprint density at radius 3 is 2.59 bits per heavy atom. The van der Waals surface area contributed by atoms with Gasteiger partial charge in [-0.3, -0.25) is 14.7 Å². The molecule has 0 unspecified atom stereocenters. The van der Waals surface area contributed by atoms with E-state index in [2.05, 4.69) is 26.0 Å². The quantitative estimate of drug-likeness (QED) is 0.461. The van der Waals surface area contributed by atoms with Crippen LogP contribution >= 0.6 is 0 Å². The minimum Gasteiger partial charge on any atom is -0.343 e. The molecule has 0 radical (unpaired) electrons. The number of hydrogen-bond acceptors (Lipinski definition) is 4. The summed E-state index contributed by atoms with van der Waals surface area (Å²) < 4.78 is 12.8. The molecule has 0 spiro atoms. The van der Waals surface area contributed by atoms with Crippen molar-refractivity contribution < 1.29 is 14.0 Å². The summed E-state index contributed by atoms with van der Waals surface area (Å²) in [5.41, 5.74) is 5.01. The van der Waals surface area contributed by atoms with Crippen LogP contribution in [0.25, 0.3) is 11.3 Å². The molecule has 0 bridgehead atoms. The predicted molar refractivity (Wildman–Crippen MR) is 98.5 cm³/mol. The third-order valence-corrected chi connectivity index (χ3v) is 3.64. The van der Waals surface area contributed by atoms with E-state index in [-0.39, 0.29) is 12.1 Å². The van der Waals surface area contributed by atoms with E-state index in [1.807, 2.05) is 30.3 Å². The lowest BCUT2D eigenvalue weighted by Crippen LogP contribution is -2.34. The molecule has 0 atom stereocenters. The van der Waals surface area contributed by atoms with Gasteiger partial charge in [-0.15, -0.1) is 0 Å². The number of aromatic nitrogens is 2. The fourth-order valence-electron chi connectivity index (χ4n) is 2.31. The van der Waals surface area contributed by atoms with Gasteiger partial charge < -0.3 is 5.32 Å². The maximum atomic E-state index is 12.8. The molecule has 0 aliphatic carbocycles. The minimum absolute atomic E-state index is 0.259. The van der Waals surface area contributed by atoms with Gasteiger partial charge in [-0.25, -0.2) is 9.82 Å². The van der Waals surface area contributed by atoms with Crippen molar-refractivity contribution in [1.82, 2.24) is 20.9 Å². The number of benzene rings is 2. The van der Waals surface area contributed by atoms with Gasteiger partial charge >= 0.3 is 0 Å². The lowest BCUT2D eigenvalue weighted by atomic mass is 10.1. The summed E-state index contributed by atoms with van der Waals surface area (Å²) in [7, 11) is 0. The Morgan fingerprint density at radius 1 is 1.11 bits per heavy atom. The predicted octanol–water partition coefficient (Wildman–Crippen LogP) is 2.10. The van der Waals surface area contributed by atoms with E-state index in [0.717, 1.165) is 11.3 Å². The van der Waals surface area contributed by atoms with Crippen LogP contribution < -0.4 is 10.7 Å². The van der Waals surface area contributed by atoms with Crippen LogP contribution in [-0.4, -0.2) is 34.8 Å². The van der Waals surface area contributed by atoms with Crippen LogP contribution in [0.5, 0.6) is 0 Å². The van der Waals surface area contributed by atoms with Crippen LogP contribution in [0.3, 0.4) is 0 Å². The Balaban J connectivity index is 1.52. The largest absolute Gasteiger partial charge is 0.343 e. The fourth-order valence-corrected chi connectivity index (χ4v) is 2.31. The zero-order valence-corrected chi connectivity index (χ0v) is 14.1. The number of halogens is 1. The summed E-state index contributed by atoms with van der Waals surface area (Å²) in [5, 5.41) is 13.2. The van der Waals surface area contributed by atoms with Crippen LogP contribution in [0.2, 0.25) is 0 Å². The molecular formula is C19H16FN5O2. The zero-order chi connectivity index (χ0) is 19.1. The minimum atomic E-state index is -0.494. The number of aromatic amines is 1. The Labute approximate surface area is 154 Å². The second-order valence-electron chi connectivity index (χ2n) is 5.55. The van der Waals surface area contributed by atoms with Crippen molar-refractivity contribution in [2.24, 2.45) is 5.10 Å². The highest BCUT2D eigenvalue weighted by Crippen LogP contribution is 2.18. The monoisotopic (exact) mass is 365 g/mol. The van der Waals surface area contributed by atoms with Crippen molar-refractivity contribution in [2.45, 2.75) is 0 Å². The third-order valence-electron chi connectivity index (χ3n) is 3.64. The van der Waals surface area contributed by atoms with Gasteiger partial charge in [0, 0.05) is 16.7 Å². The first-order chi connectivity index (χ1) is 13.1. The van der Waals surface area contributed by atoms with E-state index >= 15 is 0 Å². The normalized spacial score (nSPS) is 10.7. The van der Waals surface area contributed by atoms with Crippen molar-refractivity contribution in [1.29, 1.82) is 0 Å². The van der Waals surface area contributed by atoms with Crippen LogP contribution in [0, 0.1) is 5.82 Å². The number of nitrogens with one attached hydrogen (secondary N) is 3. The summed E-state index contributed by atoms with van der Waals surface area (Å²) >= 11 is 0. The fraction of sp³-hybridized carbons (Fsp3) is 0.0526. The number of hydrazone groups is 1. The molecule has 0 aliphatic rings. The van der Waals surface area contributed by atoms with Gasteiger partial charge in [-0.1, -0.05) is 30.3 Å². The molecule has 0 saturated heterocycles. The first kappa shape index (κ1) is 18.0. The molecule has 7 nitrogen and oxygen atoms in total. The number of amides is 2. The van der Waals surface area contributed by atoms with Gasteiger partial charge in [0.25, 0.3) is 11.8 Å². The number of H-pyrrole nitrogens is 1. The van der Waals surface area contributed by atoms with Crippen LogP contribution in [-0.2, 0) is 4.79 Å². The lowest BCUT2D eigenvalue weighted by Gasteiger charge is -2.04. The van der Waals surface area contributed by atoms with E-state index in [9.17, 15) is 14.0 Å². The van der Waals surface area contributed by atoms with E-state index in [0.29, 0.717) is 5.56 Å². The van der Waals surface area contributed by atoms with Gasteiger partial charge in [0.15, 0.2) is 0 Å². The van der Waals surface area contributed by atoms with Crippen molar-refractivity contribution in [3.63, 3.8) is 0 Å². The molecule has 0 fully saturated rings. The van der Waals surface area contributed by atoms with Gasteiger partial charge in [-0.05, 0) is 24.3 Å². The Hall–Kier alpha value is -3.81. The molecule has 1 heterocycles.